The molecule has 2 heterocycles. The lowest BCUT2D eigenvalue weighted by molar-refractivity contribution is 0.237. The summed E-state index contributed by atoms with van der Waals surface area (Å²) in [5.74, 6) is 2.35. The van der Waals surface area contributed by atoms with Gasteiger partial charge in [0.1, 0.15) is 23.9 Å². The van der Waals surface area contributed by atoms with Gasteiger partial charge in [0.05, 0.1) is 18.8 Å². The summed E-state index contributed by atoms with van der Waals surface area (Å²) in [6.07, 6.45) is 1.69. The first kappa shape index (κ1) is 13.9. The number of likely N-dealkylation sites (N-methyl/N-ethyl adjacent to an activating group) is 1. The summed E-state index contributed by atoms with van der Waals surface area (Å²) in [6.45, 7) is 1.33. The van der Waals surface area contributed by atoms with Gasteiger partial charge in [-0.05, 0) is 38.4 Å². The number of nitrogens with one attached hydrogen (secondary N) is 1. The topological polar surface area (TPSA) is 61.8 Å². The van der Waals surface area contributed by atoms with Crippen LogP contribution in [-0.4, -0.2) is 30.6 Å². The Morgan fingerprint density at radius 2 is 2.05 bits per heavy atom. The van der Waals surface area contributed by atoms with Gasteiger partial charge in [-0.2, -0.15) is 0 Å². The van der Waals surface area contributed by atoms with E-state index in [2.05, 4.69) is 10.2 Å². The Bertz CT molecular complexity index is 477. The third-order valence-electron chi connectivity index (χ3n) is 3.01. The summed E-state index contributed by atoms with van der Waals surface area (Å²) in [6, 6.07) is 7.71. The van der Waals surface area contributed by atoms with Gasteiger partial charge in [-0.1, -0.05) is 0 Å². The fraction of sp³-hybridized carbons (Fsp3) is 0.429. The molecule has 0 aliphatic rings. The molecular weight excluding hydrogens is 244 g/mol. The van der Waals surface area contributed by atoms with Gasteiger partial charge in [-0.3, -0.25) is 4.90 Å². The highest BCUT2D eigenvalue weighted by Crippen LogP contribution is 2.17. The first-order chi connectivity index (χ1) is 9.20. The van der Waals surface area contributed by atoms with E-state index in [-0.39, 0.29) is 12.6 Å². The van der Waals surface area contributed by atoms with E-state index in [4.69, 9.17) is 13.9 Å². The van der Waals surface area contributed by atoms with Gasteiger partial charge >= 0.3 is 0 Å². The number of hydrogen-bond donors (Lipinski definition) is 2. The summed E-state index contributed by atoms with van der Waals surface area (Å²) >= 11 is 0. The molecule has 5 heteroatoms. The Morgan fingerprint density at radius 3 is 2.63 bits per heavy atom. The first-order valence-corrected chi connectivity index (χ1v) is 6.29. The van der Waals surface area contributed by atoms with Crippen LogP contribution in [0.2, 0.25) is 0 Å². The van der Waals surface area contributed by atoms with Crippen LogP contribution in [0.5, 0.6) is 0 Å². The first-order valence-electron chi connectivity index (χ1n) is 6.29. The lowest BCUT2D eigenvalue weighted by Gasteiger charge is -2.22. The van der Waals surface area contributed by atoms with Crippen LogP contribution in [0.4, 0.5) is 0 Å². The Kier molecular flexibility index (Phi) is 4.79. The van der Waals surface area contributed by atoms with Crippen LogP contribution in [0, 0.1) is 0 Å². The van der Waals surface area contributed by atoms with Crippen molar-refractivity contribution in [2.75, 3.05) is 20.6 Å². The molecule has 0 aliphatic heterocycles. The third-order valence-corrected chi connectivity index (χ3v) is 3.01. The molecule has 0 fully saturated rings. The van der Waals surface area contributed by atoms with E-state index in [9.17, 15) is 0 Å². The minimum Gasteiger partial charge on any atom is -0.468 e. The van der Waals surface area contributed by atoms with E-state index in [1.54, 1.807) is 12.3 Å². The van der Waals surface area contributed by atoms with Crippen molar-refractivity contribution < 1.29 is 13.9 Å². The molecule has 0 spiro atoms. The molecule has 104 valence electrons. The number of hydrogen-bond acceptors (Lipinski definition) is 5. The molecule has 5 nitrogen and oxygen atoms in total. The Balaban J connectivity index is 1.86. The van der Waals surface area contributed by atoms with E-state index < -0.39 is 0 Å². The zero-order valence-electron chi connectivity index (χ0n) is 11.3. The Labute approximate surface area is 112 Å². The molecule has 0 aliphatic carbocycles. The van der Waals surface area contributed by atoms with E-state index in [1.165, 1.54) is 0 Å². The third kappa shape index (κ3) is 3.70. The van der Waals surface area contributed by atoms with Gasteiger partial charge in [-0.25, -0.2) is 0 Å². The molecule has 2 rings (SSSR count). The van der Waals surface area contributed by atoms with Gasteiger partial charge in [-0.15, -0.1) is 0 Å². The lowest BCUT2D eigenvalue weighted by atomic mass is 10.2. The van der Waals surface area contributed by atoms with Crippen molar-refractivity contribution in [1.29, 1.82) is 0 Å². The van der Waals surface area contributed by atoms with E-state index >= 15 is 0 Å². The average molecular weight is 264 g/mol. The molecule has 1 unspecified atom stereocenters. The number of aliphatic hydroxyl groups excluding tert-OH is 1. The van der Waals surface area contributed by atoms with Crippen LogP contribution in [0.1, 0.15) is 23.3 Å². The van der Waals surface area contributed by atoms with Gasteiger partial charge < -0.3 is 19.3 Å². The number of aliphatic hydroxyl groups is 1. The molecule has 2 aromatic rings. The van der Waals surface area contributed by atoms with Crippen LogP contribution in [0.3, 0.4) is 0 Å². The van der Waals surface area contributed by atoms with Crippen molar-refractivity contribution in [3.8, 4) is 0 Å². The van der Waals surface area contributed by atoms with Crippen molar-refractivity contribution >= 4 is 0 Å². The quantitative estimate of drug-likeness (QED) is 0.798. The van der Waals surface area contributed by atoms with E-state index in [0.717, 1.165) is 18.1 Å². The zero-order chi connectivity index (χ0) is 13.7. The predicted octanol–water partition coefficient (Wildman–Crippen LogP) is 1.76. The molecular formula is C14H20N2O3. The molecule has 1 atom stereocenters. The lowest BCUT2D eigenvalue weighted by Crippen LogP contribution is -2.30. The molecule has 0 aromatic carbocycles. The Morgan fingerprint density at radius 1 is 1.26 bits per heavy atom. The molecule has 0 saturated heterocycles. The van der Waals surface area contributed by atoms with Gasteiger partial charge in [0.15, 0.2) is 0 Å². The highest BCUT2D eigenvalue weighted by Gasteiger charge is 2.16. The fourth-order valence-electron chi connectivity index (χ4n) is 1.95. The van der Waals surface area contributed by atoms with Gasteiger partial charge in [0, 0.05) is 6.54 Å². The largest absolute Gasteiger partial charge is 0.468 e. The maximum atomic E-state index is 8.93. The second kappa shape index (κ2) is 6.56. The van der Waals surface area contributed by atoms with Crippen LogP contribution in [0.15, 0.2) is 39.4 Å². The molecule has 19 heavy (non-hydrogen) atoms. The highest BCUT2D eigenvalue weighted by molar-refractivity contribution is 5.07. The van der Waals surface area contributed by atoms with Crippen LogP contribution in [0.25, 0.3) is 0 Å². The molecule has 0 radical (unpaired) electrons. The zero-order valence-corrected chi connectivity index (χ0v) is 11.3. The van der Waals surface area contributed by atoms with Crippen molar-refractivity contribution in [2.45, 2.75) is 19.2 Å². The average Bonchev–Trinajstić information content (AvgIpc) is 3.05. The second-order valence-electron chi connectivity index (χ2n) is 4.65. The number of rotatable bonds is 7. The Hall–Kier alpha value is -1.56. The fourth-order valence-corrected chi connectivity index (χ4v) is 1.95. The SMILES string of the molecule is CN(C)C(CNCc1ccc(CO)o1)c1ccco1. The maximum Gasteiger partial charge on any atom is 0.129 e. The molecule has 0 bridgehead atoms. The van der Waals surface area contributed by atoms with Crippen molar-refractivity contribution in [3.05, 3.63) is 47.8 Å². The molecule has 0 saturated carbocycles. The van der Waals surface area contributed by atoms with Crippen LogP contribution < -0.4 is 5.32 Å². The summed E-state index contributed by atoms with van der Waals surface area (Å²) in [7, 11) is 4.04. The number of furan rings is 2. The normalized spacial score (nSPS) is 13.1. The monoisotopic (exact) mass is 264 g/mol. The van der Waals surface area contributed by atoms with E-state index in [1.807, 2.05) is 32.3 Å². The van der Waals surface area contributed by atoms with Crippen molar-refractivity contribution in [3.63, 3.8) is 0 Å². The highest BCUT2D eigenvalue weighted by atomic mass is 16.4. The second-order valence-corrected chi connectivity index (χ2v) is 4.65. The summed E-state index contributed by atoms with van der Waals surface area (Å²) < 4.78 is 10.9. The van der Waals surface area contributed by atoms with Gasteiger partial charge in [0.25, 0.3) is 0 Å². The number of nitrogens with zero attached hydrogens (tertiary/aromatic N) is 1. The predicted molar refractivity (Wildman–Crippen MR) is 71.5 cm³/mol. The van der Waals surface area contributed by atoms with Crippen molar-refractivity contribution in [1.82, 2.24) is 10.2 Å². The molecule has 2 aromatic heterocycles. The van der Waals surface area contributed by atoms with E-state index in [0.29, 0.717) is 12.3 Å². The van der Waals surface area contributed by atoms with Crippen LogP contribution >= 0.6 is 0 Å². The summed E-state index contributed by atoms with van der Waals surface area (Å²) in [5, 5.41) is 12.3. The minimum absolute atomic E-state index is 0.0628. The molecule has 2 N–H and O–H groups in total. The van der Waals surface area contributed by atoms with Crippen molar-refractivity contribution in [2.24, 2.45) is 0 Å². The van der Waals surface area contributed by atoms with Gasteiger partial charge in [0.2, 0.25) is 0 Å². The smallest absolute Gasteiger partial charge is 0.129 e. The van der Waals surface area contributed by atoms with Crippen LogP contribution in [-0.2, 0) is 13.2 Å². The maximum absolute atomic E-state index is 8.93. The summed E-state index contributed by atoms with van der Waals surface area (Å²) in [5.41, 5.74) is 0. The minimum atomic E-state index is -0.0628. The summed E-state index contributed by atoms with van der Waals surface area (Å²) in [4.78, 5) is 2.10. The molecule has 0 amide bonds. The standard InChI is InChI=1S/C14H20N2O3/c1-16(2)13(14-4-3-7-18-14)9-15-8-11-5-6-12(10-17)19-11/h3-7,13,15,17H,8-10H2,1-2H3.